The van der Waals surface area contributed by atoms with Crippen LogP contribution in [0.15, 0.2) is 36.9 Å². The topological polar surface area (TPSA) is 112 Å². The molecule has 0 spiro atoms. The first-order valence-corrected chi connectivity index (χ1v) is 13.0. The molecule has 5 rings (SSSR count). The van der Waals surface area contributed by atoms with Crippen molar-refractivity contribution < 1.29 is 19.0 Å². The predicted octanol–water partition coefficient (Wildman–Crippen LogP) is 3.03. The van der Waals surface area contributed by atoms with Crippen molar-refractivity contribution in [3.8, 4) is 0 Å². The van der Waals surface area contributed by atoms with Gasteiger partial charge in [-0.15, -0.1) is 0 Å². The van der Waals surface area contributed by atoms with Crippen molar-refractivity contribution in [2.45, 2.75) is 56.8 Å². The van der Waals surface area contributed by atoms with Crippen molar-refractivity contribution >= 4 is 45.5 Å². The van der Waals surface area contributed by atoms with Crippen LogP contribution in [-0.4, -0.2) is 64.0 Å². The highest BCUT2D eigenvalue weighted by atomic mass is 127. The average Bonchev–Trinajstić information content (AvgIpc) is 3.46. The molecule has 0 radical (unpaired) electrons. The zero-order valence-corrected chi connectivity index (χ0v) is 21.7. The van der Waals surface area contributed by atoms with Crippen molar-refractivity contribution in [1.82, 2.24) is 24.8 Å². The van der Waals surface area contributed by atoms with Gasteiger partial charge in [-0.25, -0.2) is 15.0 Å². The maximum atomic E-state index is 12.7. The molecule has 4 atom stereocenters. The predicted molar refractivity (Wildman–Crippen MR) is 138 cm³/mol. The summed E-state index contributed by atoms with van der Waals surface area (Å²) in [6.07, 6.45) is 4.87. The Morgan fingerprint density at radius 1 is 1.11 bits per heavy atom. The summed E-state index contributed by atoms with van der Waals surface area (Å²) < 4.78 is 21.7. The number of hydrogen-bond donors (Lipinski definition) is 2. The van der Waals surface area contributed by atoms with Crippen molar-refractivity contribution in [3.05, 3.63) is 46.1 Å². The molecule has 1 amide bonds. The first-order valence-electron chi connectivity index (χ1n) is 11.9. The third-order valence-corrected chi connectivity index (χ3v) is 7.01. The van der Waals surface area contributed by atoms with Gasteiger partial charge >= 0.3 is 0 Å². The number of carbonyl (C=O) groups is 1. The van der Waals surface area contributed by atoms with E-state index in [0.717, 1.165) is 31.2 Å². The third kappa shape index (κ3) is 5.27. The number of likely N-dealkylation sites (N-methyl/N-ethyl adjacent to an activating group) is 1. The van der Waals surface area contributed by atoms with Crippen LogP contribution in [0.5, 0.6) is 0 Å². The molecule has 0 bridgehead atoms. The Labute approximate surface area is 217 Å². The summed E-state index contributed by atoms with van der Waals surface area (Å²) in [5.41, 5.74) is 2.38. The zero-order chi connectivity index (χ0) is 24.2. The lowest BCUT2D eigenvalue weighted by molar-refractivity contribution is -0.139. The Hall–Kier alpha value is -2.35. The second kappa shape index (κ2) is 11.1. The maximum absolute atomic E-state index is 12.7. The van der Waals surface area contributed by atoms with Gasteiger partial charge in [-0.2, -0.15) is 0 Å². The van der Waals surface area contributed by atoms with Crippen LogP contribution in [0.1, 0.15) is 37.5 Å². The number of anilines is 1. The molecule has 0 aliphatic carbocycles. The van der Waals surface area contributed by atoms with Crippen LogP contribution < -0.4 is 10.6 Å². The summed E-state index contributed by atoms with van der Waals surface area (Å²) in [5.74, 6) is 0.398. The molecular formula is C24H29IN6O4. The number of rotatable bonds is 5. The van der Waals surface area contributed by atoms with E-state index in [1.165, 1.54) is 9.90 Å². The largest absolute Gasteiger partial charge is 0.372 e. The maximum Gasteiger partial charge on any atom is 0.251 e. The summed E-state index contributed by atoms with van der Waals surface area (Å²) in [5, 5.41) is 6.06. The lowest BCUT2D eigenvalue weighted by Gasteiger charge is -2.26. The monoisotopic (exact) mass is 592 g/mol. The quantitative estimate of drug-likeness (QED) is 0.435. The molecule has 2 aliphatic rings. The second-order valence-corrected chi connectivity index (χ2v) is 9.92. The summed E-state index contributed by atoms with van der Waals surface area (Å²) in [7, 11) is 1.60. The molecule has 4 heterocycles. The normalized spacial score (nSPS) is 25.2. The van der Waals surface area contributed by atoms with Crippen LogP contribution in [0.4, 0.5) is 5.82 Å². The van der Waals surface area contributed by atoms with Crippen molar-refractivity contribution in [3.63, 3.8) is 0 Å². The van der Waals surface area contributed by atoms with Gasteiger partial charge in [0, 0.05) is 30.4 Å². The number of nitrogens with one attached hydrogen (secondary N) is 2. The Morgan fingerprint density at radius 2 is 1.91 bits per heavy atom. The van der Waals surface area contributed by atoms with Gasteiger partial charge in [-0.1, -0.05) is 25.0 Å². The summed E-state index contributed by atoms with van der Waals surface area (Å²) in [4.78, 5) is 26.2. The highest BCUT2D eigenvalue weighted by Gasteiger charge is 2.50. The van der Waals surface area contributed by atoms with E-state index in [1.807, 2.05) is 10.6 Å². The van der Waals surface area contributed by atoms with Gasteiger partial charge in [0.05, 0.1) is 6.33 Å². The number of halogens is 1. The summed E-state index contributed by atoms with van der Waals surface area (Å²) >= 11 is 2.30. The molecule has 2 aliphatic heterocycles. The van der Waals surface area contributed by atoms with Crippen LogP contribution in [0, 0.1) is 3.57 Å². The molecule has 0 saturated carbocycles. The summed E-state index contributed by atoms with van der Waals surface area (Å²) in [6.45, 7) is 1.75. The number of hydrogen-bond acceptors (Lipinski definition) is 8. The fourth-order valence-corrected chi connectivity index (χ4v) is 5.18. The minimum Gasteiger partial charge on any atom is -0.372 e. The van der Waals surface area contributed by atoms with Crippen molar-refractivity contribution in [1.29, 1.82) is 0 Å². The second-order valence-electron chi connectivity index (χ2n) is 8.68. The lowest BCUT2D eigenvalue weighted by Crippen LogP contribution is -2.44. The minimum absolute atomic E-state index is 0.234. The Bertz CT molecular complexity index is 1170. The van der Waals surface area contributed by atoms with Crippen molar-refractivity contribution in [2.75, 3.05) is 25.6 Å². The zero-order valence-electron chi connectivity index (χ0n) is 19.5. The van der Waals surface area contributed by atoms with E-state index >= 15 is 0 Å². The molecule has 1 aromatic carbocycles. The van der Waals surface area contributed by atoms with Crippen molar-refractivity contribution in [2.24, 2.45) is 0 Å². The van der Waals surface area contributed by atoms with Gasteiger partial charge in [0.25, 0.3) is 5.91 Å². The van der Waals surface area contributed by atoms with Gasteiger partial charge in [0.2, 0.25) is 0 Å². The van der Waals surface area contributed by atoms with E-state index in [2.05, 4.69) is 66.4 Å². The van der Waals surface area contributed by atoms with E-state index in [4.69, 9.17) is 14.2 Å². The number of nitrogens with zero attached hydrogens (tertiary/aromatic N) is 4. The van der Waals surface area contributed by atoms with Gasteiger partial charge in [-0.3, -0.25) is 9.36 Å². The molecule has 11 heteroatoms. The number of ether oxygens (including phenoxy) is 3. The third-order valence-electron chi connectivity index (χ3n) is 6.34. The van der Waals surface area contributed by atoms with E-state index in [1.54, 1.807) is 13.4 Å². The van der Waals surface area contributed by atoms with Crippen LogP contribution >= 0.6 is 22.6 Å². The molecule has 3 aromatic rings. The lowest BCUT2D eigenvalue weighted by atomic mass is 10.1. The molecular weight excluding hydrogens is 563 g/mol. The number of fused-ring (bicyclic) bond motifs is 2. The Kier molecular flexibility index (Phi) is 7.75. The molecule has 35 heavy (non-hydrogen) atoms. The SMILES string of the molecule is CNC(=O)[C@H]1O[C@@H](n2cnc3c(NCc4cccc(I)c4)ncnc32)[C@@H]2OCCCCCCO[C@@H]21. The van der Waals surface area contributed by atoms with E-state index in [-0.39, 0.29) is 5.91 Å². The van der Waals surface area contributed by atoms with Crippen LogP contribution in [0.3, 0.4) is 0 Å². The van der Waals surface area contributed by atoms with Gasteiger partial charge < -0.3 is 24.8 Å². The van der Waals surface area contributed by atoms with Crippen LogP contribution in [-0.2, 0) is 25.5 Å². The number of amides is 1. The van der Waals surface area contributed by atoms with Crippen LogP contribution in [0.2, 0.25) is 0 Å². The number of carbonyl (C=O) groups excluding carboxylic acids is 1. The van der Waals surface area contributed by atoms with Gasteiger partial charge in [-0.05, 0) is 53.1 Å². The smallest absolute Gasteiger partial charge is 0.251 e. The molecule has 2 fully saturated rings. The molecule has 186 valence electrons. The van der Waals surface area contributed by atoms with Gasteiger partial charge in [0.15, 0.2) is 29.3 Å². The average molecular weight is 592 g/mol. The van der Waals surface area contributed by atoms with E-state index in [0.29, 0.717) is 36.7 Å². The Balaban J connectivity index is 1.44. The number of benzene rings is 1. The highest BCUT2D eigenvalue weighted by Crippen LogP contribution is 2.36. The molecule has 2 saturated heterocycles. The number of imidazole rings is 1. The molecule has 2 aromatic heterocycles. The van der Waals surface area contributed by atoms with E-state index in [9.17, 15) is 4.79 Å². The van der Waals surface area contributed by atoms with E-state index < -0.39 is 24.5 Å². The summed E-state index contributed by atoms with van der Waals surface area (Å²) in [6, 6.07) is 8.27. The first-order chi connectivity index (χ1) is 17.2. The first kappa shape index (κ1) is 24.3. The fourth-order valence-electron chi connectivity index (χ4n) is 4.57. The molecule has 0 unspecified atom stereocenters. The molecule has 2 N–H and O–H groups in total. The minimum atomic E-state index is -0.785. The van der Waals surface area contributed by atoms with Crippen LogP contribution in [0.25, 0.3) is 11.2 Å². The highest BCUT2D eigenvalue weighted by molar-refractivity contribution is 14.1. The molecule has 10 nitrogen and oxygen atoms in total. The van der Waals surface area contributed by atoms with Gasteiger partial charge in [0.1, 0.15) is 18.5 Å². The Morgan fingerprint density at radius 3 is 2.69 bits per heavy atom. The fraction of sp³-hybridized carbons (Fsp3) is 0.500. The standard InChI is InChI=1S/C24H29IN6O4/c1-26-23(32)19-18-20(34-10-5-3-2-4-9-33-18)24(35-19)31-14-30-17-21(28-13-29-22(17)31)27-12-15-7-6-8-16(25)11-15/h6-8,11,13-14,18-20,24H,2-5,9-10,12H2,1H3,(H,26,32)(H,27,28,29)/t18-,19+,20-,24-/m1/s1. The number of aromatic nitrogens is 4.